The Morgan fingerprint density at radius 1 is 1.21 bits per heavy atom. The van der Waals surface area contributed by atoms with Crippen molar-refractivity contribution in [2.24, 2.45) is 0 Å². The fourth-order valence-corrected chi connectivity index (χ4v) is 3.99. The van der Waals surface area contributed by atoms with E-state index in [1.807, 2.05) is 55.5 Å². The molecule has 0 spiro atoms. The van der Waals surface area contributed by atoms with Crippen LogP contribution < -0.4 is 4.74 Å². The van der Waals surface area contributed by atoms with Crippen molar-refractivity contribution in [3.8, 4) is 5.75 Å². The SMILES string of the molecule is C=CCc1c(O[C@@](C)(c2ccccc2)c2ncc[nH]2)ccc2c1CCCC2=O. The number of nitrogens with zero attached hydrogens (tertiary/aromatic N) is 1. The number of aromatic nitrogens is 2. The zero-order valence-corrected chi connectivity index (χ0v) is 16.1. The molecule has 1 N–H and O–H groups in total. The van der Waals surface area contributed by atoms with E-state index < -0.39 is 5.60 Å². The third kappa shape index (κ3) is 3.15. The van der Waals surface area contributed by atoms with E-state index in [1.165, 1.54) is 0 Å². The molecule has 1 heterocycles. The average molecular weight is 372 g/mol. The predicted molar refractivity (Wildman–Crippen MR) is 110 cm³/mol. The minimum absolute atomic E-state index is 0.218. The Hall–Kier alpha value is -3.14. The van der Waals surface area contributed by atoms with Gasteiger partial charge in [0.2, 0.25) is 0 Å². The standard InChI is InChI=1S/C24H24N2O2/c1-3-8-20-18-11-7-12-21(27)19(18)13-14-22(20)28-24(2,23-25-15-16-26-23)17-9-5-4-6-10-17/h3-6,9-10,13-16H,1,7-8,11-12H2,2H3,(H,25,26)/t24-/m0/s1. The Kier molecular flexibility index (Phi) is 4.86. The molecular formula is C24H24N2O2. The minimum Gasteiger partial charge on any atom is -0.475 e. The largest absolute Gasteiger partial charge is 0.475 e. The highest BCUT2D eigenvalue weighted by Gasteiger charge is 2.35. The molecule has 4 rings (SSSR count). The summed E-state index contributed by atoms with van der Waals surface area (Å²) in [5.41, 5.74) is 3.20. The van der Waals surface area contributed by atoms with Gasteiger partial charge in [0.25, 0.3) is 0 Å². The smallest absolute Gasteiger partial charge is 0.188 e. The van der Waals surface area contributed by atoms with Crippen LogP contribution in [0.25, 0.3) is 0 Å². The number of fused-ring (bicyclic) bond motifs is 1. The average Bonchev–Trinajstić information content (AvgIpc) is 3.26. The van der Waals surface area contributed by atoms with E-state index in [4.69, 9.17) is 4.74 Å². The number of carbonyl (C=O) groups excluding carboxylic acids is 1. The van der Waals surface area contributed by atoms with Gasteiger partial charge in [-0.15, -0.1) is 6.58 Å². The van der Waals surface area contributed by atoms with Crippen LogP contribution in [0.4, 0.5) is 0 Å². The molecule has 0 aliphatic heterocycles. The van der Waals surface area contributed by atoms with Crippen molar-refractivity contribution in [1.82, 2.24) is 9.97 Å². The lowest BCUT2D eigenvalue weighted by Crippen LogP contribution is -2.33. The molecule has 0 saturated heterocycles. The second-order valence-electron chi connectivity index (χ2n) is 7.28. The predicted octanol–water partition coefficient (Wildman–Crippen LogP) is 5.00. The Bertz CT molecular complexity index is 993. The molecule has 3 aromatic rings. The topological polar surface area (TPSA) is 55.0 Å². The number of rotatable bonds is 6. The van der Waals surface area contributed by atoms with Gasteiger partial charge in [0.05, 0.1) is 0 Å². The molecule has 142 valence electrons. The lowest BCUT2D eigenvalue weighted by atomic mass is 9.85. The maximum atomic E-state index is 12.4. The highest BCUT2D eigenvalue weighted by atomic mass is 16.5. The van der Waals surface area contributed by atoms with Gasteiger partial charge in [-0.1, -0.05) is 36.4 Å². The zero-order valence-electron chi connectivity index (χ0n) is 16.1. The quantitative estimate of drug-likeness (QED) is 0.620. The van der Waals surface area contributed by atoms with Crippen molar-refractivity contribution >= 4 is 5.78 Å². The summed E-state index contributed by atoms with van der Waals surface area (Å²) in [6.45, 7) is 5.93. The Balaban J connectivity index is 1.84. The molecule has 0 fully saturated rings. The van der Waals surface area contributed by atoms with E-state index >= 15 is 0 Å². The highest BCUT2D eigenvalue weighted by molar-refractivity contribution is 5.99. The van der Waals surface area contributed by atoms with Gasteiger partial charge in [-0.3, -0.25) is 4.79 Å². The Morgan fingerprint density at radius 3 is 2.75 bits per heavy atom. The molecular weight excluding hydrogens is 348 g/mol. The van der Waals surface area contributed by atoms with Gasteiger partial charge in [-0.05, 0) is 43.9 Å². The van der Waals surface area contributed by atoms with Crippen LogP contribution in [-0.4, -0.2) is 15.8 Å². The number of carbonyl (C=O) groups is 1. The maximum Gasteiger partial charge on any atom is 0.188 e. The maximum absolute atomic E-state index is 12.4. The van der Waals surface area contributed by atoms with Crippen LogP contribution in [0.3, 0.4) is 0 Å². The molecule has 1 atom stereocenters. The van der Waals surface area contributed by atoms with E-state index in [1.54, 1.807) is 12.4 Å². The van der Waals surface area contributed by atoms with Gasteiger partial charge in [0.1, 0.15) is 5.75 Å². The Morgan fingerprint density at radius 2 is 2.04 bits per heavy atom. The number of allylic oxidation sites excluding steroid dienone is 1. The minimum atomic E-state index is -0.784. The van der Waals surface area contributed by atoms with Crippen LogP contribution in [0.5, 0.6) is 5.75 Å². The second kappa shape index (κ2) is 7.47. The summed E-state index contributed by atoms with van der Waals surface area (Å²) in [5, 5.41) is 0. The summed E-state index contributed by atoms with van der Waals surface area (Å²) in [4.78, 5) is 20.1. The summed E-state index contributed by atoms with van der Waals surface area (Å²) >= 11 is 0. The van der Waals surface area contributed by atoms with Gasteiger partial charge in [-0.2, -0.15) is 0 Å². The first-order valence-corrected chi connectivity index (χ1v) is 9.66. The molecule has 28 heavy (non-hydrogen) atoms. The lowest BCUT2D eigenvalue weighted by Gasteiger charge is -2.31. The zero-order chi connectivity index (χ0) is 19.6. The molecule has 0 radical (unpaired) electrons. The molecule has 0 unspecified atom stereocenters. The van der Waals surface area contributed by atoms with Crippen LogP contribution in [0.15, 0.2) is 67.5 Å². The van der Waals surface area contributed by atoms with Crippen molar-refractivity contribution < 1.29 is 9.53 Å². The second-order valence-corrected chi connectivity index (χ2v) is 7.28. The first kappa shape index (κ1) is 18.2. The van der Waals surface area contributed by atoms with E-state index in [9.17, 15) is 4.79 Å². The summed E-state index contributed by atoms with van der Waals surface area (Å²) < 4.78 is 6.66. The van der Waals surface area contributed by atoms with E-state index in [2.05, 4.69) is 16.5 Å². The monoisotopic (exact) mass is 372 g/mol. The third-order valence-corrected chi connectivity index (χ3v) is 5.46. The van der Waals surface area contributed by atoms with Crippen LogP contribution >= 0.6 is 0 Å². The number of hydrogen-bond acceptors (Lipinski definition) is 3. The van der Waals surface area contributed by atoms with Crippen LogP contribution in [0.2, 0.25) is 0 Å². The van der Waals surface area contributed by atoms with Crippen LogP contribution in [0, 0.1) is 0 Å². The molecule has 1 aromatic heterocycles. The fourth-order valence-electron chi connectivity index (χ4n) is 3.99. The molecule has 2 aromatic carbocycles. The van der Waals surface area contributed by atoms with Crippen molar-refractivity contribution in [3.05, 3.63) is 95.6 Å². The van der Waals surface area contributed by atoms with E-state index in [0.29, 0.717) is 12.8 Å². The number of H-pyrrole nitrogens is 1. The number of imidazole rings is 1. The molecule has 4 heteroatoms. The fraction of sp³-hybridized carbons (Fsp3) is 0.250. The summed E-state index contributed by atoms with van der Waals surface area (Å²) in [6, 6.07) is 13.9. The van der Waals surface area contributed by atoms with Gasteiger partial charge in [-0.25, -0.2) is 4.98 Å². The summed E-state index contributed by atoms with van der Waals surface area (Å²) in [5.74, 6) is 1.73. The number of aromatic amines is 1. The van der Waals surface area contributed by atoms with Gasteiger partial charge < -0.3 is 9.72 Å². The molecule has 1 aliphatic carbocycles. The number of benzene rings is 2. The molecule has 0 saturated carbocycles. The lowest BCUT2D eigenvalue weighted by molar-refractivity contribution is 0.0971. The van der Waals surface area contributed by atoms with Crippen molar-refractivity contribution in [2.75, 3.05) is 0 Å². The van der Waals surface area contributed by atoms with Crippen molar-refractivity contribution in [1.29, 1.82) is 0 Å². The van der Waals surface area contributed by atoms with Gasteiger partial charge >= 0.3 is 0 Å². The number of nitrogens with one attached hydrogen (secondary N) is 1. The summed E-state index contributed by atoms with van der Waals surface area (Å²) in [6.07, 6.45) is 8.46. The molecule has 4 nitrogen and oxygen atoms in total. The number of ether oxygens (including phenoxy) is 1. The van der Waals surface area contributed by atoms with Crippen LogP contribution in [-0.2, 0) is 18.4 Å². The normalized spacial score (nSPS) is 15.5. The highest BCUT2D eigenvalue weighted by Crippen LogP contribution is 2.38. The third-order valence-electron chi connectivity index (χ3n) is 5.46. The number of Topliss-reactive ketones (excluding diaryl/α,β-unsaturated/α-hetero) is 1. The molecule has 1 aliphatic rings. The summed E-state index contributed by atoms with van der Waals surface area (Å²) in [7, 11) is 0. The number of hydrogen-bond donors (Lipinski definition) is 1. The van der Waals surface area contributed by atoms with E-state index in [-0.39, 0.29) is 5.78 Å². The first-order chi connectivity index (χ1) is 13.6. The first-order valence-electron chi connectivity index (χ1n) is 9.66. The molecule has 0 amide bonds. The molecule has 0 bridgehead atoms. The van der Waals surface area contributed by atoms with Gasteiger partial charge in [0.15, 0.2) is 17.2 Å². The van der Waals surface area contributed by atoms with Crippen molar-refractivity contribution in [2.45, 2.75) is 38.2 Å². The van der Waals surface area contributed by atoms with E-state index in [0.717, 1.165) is 46.7 Å². The Labute approximate surface area is 165 Å². The van der Waals surface area contributed by atoms with Gasteiger partial charge in [0, 0.05) is 35.5 Å². The number of ketones is 1. The van der Waals surface area contributed by atoms with Crippen LogP contribution in [0.1, 0.15) is 52.6 Å². The van der Waals surface area contributed by atoms with Crippen molar-refractivity contribution in [3.63, 3.8) is 0 Å².